The number of pyridine rings is 2. The van der Waals surface area contributed by atoms with Crippen LogP contribution in [0.2, 0.25) is 0 Å². The number of fused-ring (bicyclic) bond motifs is 2. The van der Waals surface area contributed by atoms with Gasteiger partial charge in [-0.05, 0) is 81.5 Å². The highest BCUT2D eigenvalue weighted by atomic mass is 19.1. The molecule has 9 heteroatoms. The normalized spacial score (nSPS) is 11.7. The molecule has 0 amide bonds. The molecule has 8 nitrogen and oxygen atoms in total. The Labute approximate surface area is 238 Å². The van der Waals surface area contributed by atoms with Gasteiger partial charge in [0.15, 0.2) is 0 Å². The van der Waals surface area contributed by atoms with E-state index in [0.29, 0.717) is 6.04 Å². The Morgan fingerprint density at radius 2 is 1.66 bits per heavy atom. The van der Waals surface area contributed by atoms with Crippen molar-refractivity contribution < 1.29 is 4.39 Å². The molecule has 0 unspecified atom stereocenters. The van der Waals surface area contributed by atoms with Crippen LogP contribution in [-0.2, 0) is 0 Å². The Morgan fingerprint density at radius 3 is 2.49 bits per heavy atom. The van der Waals surface area contributed by atoms with Crippen LogP contribution in [0.5, 0.6) is 0 Å². The number of hydrogen-bond acceptors (Lipinski definition) is 6. The summed E-state index contributed by atoms with van der Waals surface area (Å²) < 4.78 is 14.7. The number of H-pyrrole nitrogens is 2. The van der Waals surface area contributed by atoms with Gasteiger partial charge in [0.1, 0.15) is 11.5 Å². The van der Waals surface area contributed by atoms with Crippen molar-refractivity contribution in [1.29, 1.82) is 0 Å². The Balaban J connectivity index is 1.37. The molecular weight excluding hydrogens is 515 g/mol. The Morgan fingerprint density at radius 1 is 0.829 bits per heavy atom. The van der Waals surface area contributed by atoms with Crippen molar-refractivity contribution in [2.24, 2.45) is 0 Å². The first-order valence-electron chi connectivity index (χ1n) is 13.7. The van der Waals surface area contributed by atoms with E-state index in [1.165, 1.54) is 6.07 Å². The molecule has 0 spiro atoms. The van der Waals surface area contributed by atoms with Crippen LogP contribution in [-0.4, -0.2) is 63.3 Å². The average Bonchev–Trinajstić information content (AvgIpc) is 3.56. The highest BCUT2D eigenvalue weighted by Crippen LogP contribution is 2.36. The number of benzene rings is 2. The number of nitrogens with zero attached hydrogens (tertiary/aromatic N) is 4. The predicted molar refractivity (Wildman–Crippen MR) is 166 cm³/mol. The standard InChI is InChI=1S/C32H33FN8/c1-19(2)37-25-11-22(15-34-16-25)20-5-6-29-27(12-20)32(40-39-29)30-14-26-28(17-35-18-31(26)38-30)21-9-23(33)13-24(10-21)36-7-8-41(3)4/h5-6,9-19,36-38H,7-8H2,1-4H3,(H,39,40). The van der Waals surface area contributed by atoms with E-state index in [2.05, 4.69) is 78.8 Å². The van der Waals surface area contributed by atoms with Gasteiger partial charge in [-0.2, -0.15) is 5.10 Å². The molecule has 0 aliphatic carbocycles. The van der Waals surface area contributed by atoms with E-state index in [1.807, 2.05) is 38.6 Å². The molecule has 0 aliphatic heterocycles. The molecule has 208 valence electrons. The second-order valence-electron chi connectivity index (χ2n) is 10.9. The maximum atomic E-state index is 14.7. The minimum absolute atomic E-state index is 0.296. The van der Waals surface area contributed by atoms with Gasteiger partial charge in [-0.1, -0.05) is 6.07 Å². The first-order valence-corrected chi connectivity index (χ1v) is 13.7. The SMILES string of the molecule is CC(C)Nc1cncc(-c2ccc3[nH]nc(-c4cc5c(-c6cc(F)cc(NCCN(C)C)c6)cncc5[nH]4)c3c2)c1. The third-order valence-corrected chi connectivity index (χ3v) is 6.99. The molecule has 6 rings (SSSR count). The van der Waals surface area contributed by atoms with Crippen LogP contribution < -0.4 is 10.6 Å². The molecule has 4 aromatic heterocycles. The van der Waals surface area contributed by atoms with Crippen molar-refractivity contribution >= 4 is 33.2 Å². The molecule has 4 heterocycles. The van der Waals surface area contributed by atoms with E-state index < -0.39 is 0 Å². The Kier molecular flexibility index (Phi) is 7.11. The third kappa shape index (κ3) is 5.62. The van der Waals surface area contributed by atoms with Crippen molar-refractivity contribution in [2.45, 2.75) is 19.9 Å². The minimum Gasteiger partial charge on any atom is -0.384 e. The lowest BCUT2D eigenvalue weighted by Gasteiger charge is -2.13. The highest BCUT2D eigenvalue weighted by molar-refractivity contribution is 6.01. The van der Waals surface area contributed by atoms with Gasteiger partial charge in [-0.15, -0.1) is 0 Å². The van der Waals surface area contributed by atoms with E-state index in [1.54, 1.807) is 18.5 Å². The summed E-state index contributed by atoms with van der Waals surface area (Å²) in [7, 11) is 4.02. The zero-order valence-electron chi connectivity index (χ0n) is 23.6. The molecule has 0 saturated carbocycles. The summed E-state index contributed by atoms with van der Waals surface area (Å²) in [6.45, 7) is 5.78. The van der Waals surface area contributed by atoms with E-state index in [9.17, 15) is 4.39 Å². The van der Waals surface area contributed by atoms with E-state index in [4.69, 9.17) is 0 Å². The summed E-state index contributed by atoms with van der Waals surface area (Å²) >= 11 is 0. The molecule has 2 aromatic carbocycles. The largest absolute Gasteiger partial charge is 0.384 e. The summed E-state index contributed by atoms with van der Waals surface area (Å²) in [4.78, 5) is 14.5. The third-order valence-electron chi connectivity index (χ3n) is 6.99. The molecule has 0 atom stereocenters. The quantitative estimate of drug-likeness (QED) is 0.159. The van der Waals surface area contributed by atoms with Gasteiger partial charge in [0.05, 0.1) is 28.6 Å². The lowest BCUT2D eigenvalue weighted by molar-refractivity contribution is 0.425. The molecule has 41 heavy (non-hydrogen) atoms. The van der Waals surface area contributed by atoms with Gasteiger partial charge in [-0.3, -0.25) is 15.1 Å². The lowest BCUT2D eigenvalue weighted by Crippen LogP contribution is -2.20. The fourth-order valence-corrected chi connectivity index (χ4v) is 5.09. The fourth-order valence-electron chi connectivity index (χ4n) is 5.09. The van der Waals surface area contributed by atoms with Gasteiger partial charge < -0.3 is 20.5 Å². The smallest absolute Gasteiger partial charge is 0.125 e. The number of aromatic amines is 2. The van der Waals surface area contributed by atoms with Crippen LogP contribution in [0, 0.1) is 5.82 Å². The molecule has 0 radical (unpaired) electrons. The van der Waals surface area contributed by atoms with Crippen molar-refractivity contribution in [2.75, 3.05) is 37.8 Å². The Hall–Kier alpha value is -4.76. The maximum absolute atomic E-state index is 14.7. The van der Waals surface area contributed by atoms with Crippen molar-refractivity contribution in [3.63, 3.8) is 0 Å². The van der Waals surface area contributed by atoms with Crippen LogP contribution in [0.4, 0.5) is 15.8 Å². The first-order chi connectivity index (χ1) is 19.8. The topological polar surface area (TPSA) is 97.5 Å². The van der Waals surface area contributed by atoms with Crippen LogP contribution in [0.1, 0.15) is 13.8 Å². The molecule has 4 N–H and O–H groups in total. The maximum Gasteiger partial charge on any atom is 0.125 e. The van der Waals surface area contributed by atoms with Gasteiger partial charge >= 0.3 is 0 Å². The molecule has 6 aromatic rings. The fraction of sp³-hybridized carbons (Fsp3) is 0.219. The van der Waals surface area contributed by atoms with Crippen molar-refractivity contribution in [3.05, 3.63) is 79.1 Å². The Bertz CT molecular complexity index is 1840. The number of nitrogens with one attached hydrogen (secondary N) is 4. The highest BCUT2D eigenvalue weighted by Gasteiger charge is 2.16. The minimum atomic E-state index is -0.296. The molecule has 0 aliphatic rings. The summed E-state index contributed by atoms with van der Waals surface area (Å²) in [5.41, 5.74) is 8.85. The van der Waals surface area contributed by atoms with Gasteiger partial charge in [0.25, 0.3) is 0 Å². The molecule has 0 bridgehead atoms. The number of hydrogen-bond donors (Lipinski definition) is 4. The van der Waals surface area contributed by atoms with E-state index in [0.717, 1.165) is 79.9 Å². The van der Waals surface area contributed by atoms with Crippen molar-refractivity contribution in [1.82, 2.24) is 30.0 Å². The number of halogens is 1. The zero-order chi connectivity index (χ0) is 28.5. The summed E-state index contributed by atoms with van der Waals surface area (Å²) in [6.07, 6.45) is 7.28. The number of rotatable bonds is 9. The number of likely N-dealkylation sites (N-methyl/N-ethyl adjacent to an activating group) is 1. The summed E-state index contributed by atoms with van der Waals surface area (Å²) in [5, 5.41) is 16.5. The van der Waals surface area contributed by atoms with Crippen LogP contribution >= 0.6 is 0 Å². The first kappa shape index (κ1) is 26.5. The summed E-state index contributed by atoms with van der Waals surface area (Å²) in [6, 6.07) is 15.8. The predicted octanol–water partition coefficient (Wildman–Crippen LogP) is 6.77. The van der Waals surface area contributed by atoms with E-state index >= 15 is 0 Å². The van der Waals surface area contributed by atoms with Crippen molar-refractivity contribution in [3.8, 4) is 33.6 Å². The number of aromatic nitrogens is 5. The van der Waals surface area contributed by atoms with Gasteiger partial charge in [0, 0.05) is 65.3 Å². The lowest BCUT2D eigenvalue weighted by atomic mass is 10.0. The van der Waals surface area contributed by atoms with Crippen LogP contribution in [0.3, 0.4) is 0 Å². The zero-order valence-corrected chi connectivity index (χ0v) is 23.6. The monoisotopic (exact) mass is 548 g/mol. The van der Waals surface area contributed by atoms with Crippen LogP contribution in [0.25, 0.3) is 55.4 Å². The second-order valence-corrected chi connectivity index (χ2v) is 10.9. The van der Waals surface area contributed by atoms with Gasteiger partial charge in [-0.25, -0.2) is 4.39 Å². The summed E-state index contributed by atoms with van der Waals surface area (Å²) in [5.74, 6) is -0.296. The van der Waals surface area contributed by atoms with Crippen LogP contribution in [0.15, 0.2) is 73.3 Å². The van der Waals surface area contributed by atoms with E-state index in [-0.39, 0.29) is 5.82 Å². The molecule has 0 saturated heterocycles. The van der Waals surface area contributed by atoms with Gasteiger partial charge in [0.2, 0.25) is 0 Å². The average molecular weight is 549 g/mol. The molecular formula is C32H33FN8. The number of anilines is 2. The molecule has 0 fully saturated rings. The second kappa shape index (κ2) is 11.0.